The first-order valence-corrected chi connectivity index (χ1v) is 6.11. The van der Waals surface area contributed by atoms with Gasteiger partial charge in [-0.2, -0.15) is 0 Å². The monoisotopic (exact) mass is 318 g/mol. The van der Waals surface area contributed by atoms with Gasteiger partial charge in [0.25, 0.3) is 0 Å². The van der Waals surface area contributed by atoms with Crippen LogP contribution in [0.2, 0.25) is 0 Å². The highest BCUT2D eigenvalue weighted by molar-refractivity contribution is 9.10. The van der Waals surface area contributed by atoms with Gasteiger partial charge in [-0.15, -0.1) is 0 Å². The fraction of sp³-hybridized carbons (Fsp3) is 0.417. The molecule has 0 atom stereocenters. The smallest absolute Gasteiger partial charge is 0.314 e. The van der Waals surface area contributed by atoms with Crippen LogP contribution >= 0.6 is 15.9 Å². The molecule has 0 bridgehead atoms. The van der Waals surface area contributed by atoms with Crippen LogP contribution in [0.5, 0.6) is 11.5 Å². The molecule has 1 aliphatic rings. The molecule has 1 fully saturated rings. The standard InChI is InChI=1S/C12H12BrFO4/c1-17-9-7(14)5-6(13)8(10(9)18-2)12(3-4-12)11(15)16/h5H,3-4H2,1-2H3,(H,15,16). The van der Waals surface area contributed by atoms with E-state index in [-0.39, 0.29) is 11.5 Å². The molecule has 0 saturated heterocycles. The van der Waals surface area contributed by atoms with Crippen LogP contribution < -0.4 is 9.47 Å². The summed E-state index contributed by atoms with van der Waals surface area (Å²) >= 11 is 3.21. The Morgan fingerprint density at radius 2 is 1.94 bits per heavy atom. The summed E-state index contributed by atoms with van der Waals surface area (Å²) in [6.45, 7) is 0. The van der Waals surface area contributed by atoms with E-state index in [1.54, 1.807) is 0 Å². The van der Waals surface area contributed by atoms with Gasteiger partial charge < -0.3 is 14.6 Å². The van der Waals surface area contributed by atoms with Crippen LogP contribution in [-0.2, 0) is 10.2 Å². The van der Waals surface area contributed by atoms with Crippen molar-refractivity contribution in [1.82, 2.24) is 0 Å². The van der Waals surface area contributed by atoms with E-state index in [9.17, 15) is 14.3 Å². The molecular weight excluding hydrogens is 307 g/mol. The molecule has 4 nitrogen and oxygen atoms in total. The zero-order valence-electron chi connectivity index (χ0n) is 9.92. The van der Waals surface area contributed by atoms with Crippen LogP contribution in [-0.4, -0.2) is 25.3 Å². The molecule has 98 valence electrons. The Bertz CT molecular complexity index is 511. The molecule has 0 heterocycles. The molecule has 0 aromatic heterocycles. The number of carboxylic acid groups (broad SMARTS) is 1. The van der Waals surface area contributed by atoms with Crippen LogP contribution in [0.15, 0.2) is 10.5 Å². The predicted octanol–water partition coefficient (Wildman–Crippen LogP) is 2.72. The van der Waals surface area contributed by atoms with Gasteiger partial charge in [0.15, 0.2) is 17.3 Å². The molecule has 1 saturated carbocycles. The predicted molar refractivity (Wildman–Crippen MR) is 65.8 cm³/mol. The van der Waals surface area contributed by atoms with Crippen molar-refractivity contribution in [1.29, 1.82) is 0 Å². The average molecular weight is 319 g/mol. The minimum Gasteiger partial charge on any atom is -0.492 e. The van der Waals surface area contributed by atoms with Crippen molar-refractivity contribution < 1.29 is 23.8 Å². The van der Waals surface area contributed by atoms with Gasteiger partial charge in [0, 0.05) is 10.0 Å². The first kappa shape index (κ1) is 13.1. The maximum Gasteiger partial charge on any atom is 0.314 e. The summed E-state index contributed by atoms with van der Waals surface area (Å²) < 4.78 is 24.2. The summed E-state index contributed by atoms with van der Waals surface area (Å²) in [4.78, 5) is 11.4. The Balaban J connectivity index is 2.70. The quantitative estimate of drug-likeness (QED) is 0.927. The molecule has 0 spiro atoms. The molecule has 1 aliphatic carbocycles. The van der Waals surface area contributed by atoms with E-state index >= 15 is 0 Å². The highest BCUT2D eigenvalue weighted by atomic mass is 79.9. The fourth-order valence-corrected chi connectivity index (χ4v) is 2.87. The SMILES string of the molecule is COc1c(F)cc(Br)c(C2(C(=O)O)CC2)c1OC. The van der Waals surface area contributed by atoms with E-state index in [0.29, 0.717) is 22.9 Å². The van der Waals surface area contributed by atoms with Crippen LogP contribution in [0, 0.1) is 5.82 Å². The highest BCUT2D eigenvalue weighted by Crippen LogP contribution is 2.56. The number of aliphatic carboxylic acids is 1. The number of benzene rings is 1. The lowest BCUT2D eigenvalue weighted by Gasteiger charge is -2.19. The van der Waals surface area contributed by atoms with Gasteiger partial charge in [-0.3, -0.25) is 4.79 Å². The van der Waals surface area contributed by atoms with Crippen molar-refractivity contribution in [3.63, 3.8) is 0 Å². The first-order chi connectivity index (χ1) is 8.47. The molecule has 2 rings (SSSR count). The largest absolute Gasteiger partial charge is 0.492 e. The van der Waals surface area contributed by atoms with Crippen molar-refractivity contribution in [2.75, 3.05) is 14.2 Å². The second-order valence-electron chi connectivity index (χ2n) is 4.17. The van der Waals surface area contributed by atoms with Gasteiger partial charge in [-0.25, -0.2) is 4.39 Å². The third kappa shape index (κ3) is 1.75. The van der Waals surface area contributed by atoms with E-state index in [1.165, 1.54) is 20.3 Å². The van der Waals surface area contributed by atoms with Crippen molar-refractivity contribution in [2.45, 2.75) is 18.3 Å². The third-order valence-corrected chi connectivity index (χ3v) is 3.81. The summed E-state index contributed by atoms with van der Waals surface area (Å²) in [5.41, 5.74) is -0.554. The summed E-state index contributed by atoms with van der Waals surface area (Å²) in [6.07, 6.45) is 1.01. The molecule has 0 radical (unpaired) electrons. The van der Waals surface area contributed by atoms with Gasteiger partial charge in [0.05, 0.1) is 19.6 Å². The van der Waals surface area contributed by atoms with E-state index in [0.717, 1.165) is 0 Å². The molecule has 0 amide bonds. The molecule has 1 N–H and O–H groups in total. The summed E-state index contributed by atoms with van der Waals surface area (Å²) in [7, 11) is 2.68. The lowest BCUT2D eigenvalue weighted by atomic mass is 9.94. The van der Waals surface area contributed by atoms with Gasteiger partial charge in [0.1, 0.15) is 0 Å². The number of carbonyl (C=O) groups is 1. The normalized spacial score (nSPS) is 16.2. The van der Waals surface area contributed by atoms with E-state index < -0.39 is 17.2 Å². The van der Waals surface area contributed by atoms with Crippen LogP contribution in [0.4, 0.5) is 4.39 Å². The molecule has 18 heavy (non-hydrogen) atoms. The first-order valence-electron chi connectivity index (χ1n) is 5.31. The number of rotatable bonds is 4. The van der Waals surface area contributed by atoms with Gasteiger partial charge in [-0.05, 0) is 18.9 Å². The molecule has 6 heteroatoms. The second kappa shape index (κ2) is 4.42. The number of halogens is 2. The molecular formula is C12H12BrFO4. The number of methoxy groups -OCH3 is 2. The van der Waals surface area contributed by atoms with Crippen LogP contribution in [0.25, 0.3) is 0 Å². The molecule has 0 aliphatic heterocycles. The van der Waals surface area contributed by atoms with Crippen LogP contribution in [0.3, 0.4) is 0 Å². The maximum absolute atomic E-state index is 13.7. The van der Waals surface area contributed by atoms with E-state index in [1.807, 2.05) is 0 Å². The zero-order valence-corrected chi connectivity index (χ0v) is 11.5. The van der Waals surface area contributed by atoms with Crippen molar-refractivity contribution in [2.24, 2.45) is 0 Å². The number of hydrogen-bond acceptors (Lipinski definition) is 3. The maximum atomic E-state index is 13.7. The number of carboxylic acids is 1. The Morgan fingerprint density at radius 3 is 2.33 bits per heavy atom. The lowest BCUT2D eigenvalue weighted by Crippen LogP contribution is -2.21. The molecule has 0 unspecified atom stereocenters. The van der Waals surface area contributed by atoms with Crippen molar-refractivity contribution in [3.05, 3.63) is 21.9 Å². The zero-order chi connectivity index (χ0) is 13.5. The minimum absolute atomic E-state index is 0.0665. The summed E-state index contributed by atoms with van der Waals surface area (Å²) in [5.74, 6) is -1.45. The number of ether oxygens (including phenoxy) is 2. The summed E-state index contributed by atoms with van der Waals surface area (Å²) in [5, 5.41) is 9.32. The van der Waals surface area contributed by atoms with E-state index in [4.69, 9.17) is 9.47 Å². The number of hydrogen-bond donors (Lipinski definition) is 1. The summed E-state index contributed by atoms with van der Waals surface area (Å²) in [6, 6.07) is 1.21. The van der Waals surface area contributed by atoms with Crippen LogP contribution in [0.1, 0.15) is 18.4 Å². The minimum atomic E-state index is -0.995. The Kier molecular flexibility index (Phi) is 3.23. The highest BCUT2D eigenvalue weighted by Gasteiger charge is 2.55. The van der Waals surface area contributed by atoms with Crippen molar-refractivity contribution in [3.8, 4) is 11.5 Å². The lowest BCUT2D eigenvalue weighted by molar-refractivity contribution is -0.140. The Labute approximate surface area is 112 Å². The Hall–Kier alpha value is -1.30. The van der Waals surface area contributed by atoms with Gasteiger partial charge in [-0.1, -0.05) is 15.9 Å². The topological polar surface area (TPSA) is 55.8 Å². The Morgan fingerprint density at radius 1 is 1.39 bits per heavy atom. The fourth-order valence-electron chi connectivity index (χ4n) is 2.11. The van der Waals surface area contributed by atoms with Crippen molar-refractivity contribution >= 4 is 21.9 Å². The van der Waals surface area contributed by atoms with Gasteiger partial charge >= 0.3 is 5.97 Å². The average Bonchev–Trinajstić information content (AvgIpc) is 3.09. The van der Waals surface area contributed by atoms with E-state index in [2.05, 4.69) is 15.9 Å². The second-order valence-corrected chi connectivity index (χ2v) is 5.02. The third-order valence-electron chi connectivity index (χ3n) is 3.19. The molecule has 1 aromatic carbocycles. The van der Waals surface area contributed by atoms with Gasteiger partial charge in [0.2, 0.25) is 0 Å². The molecule has 1 aromatic rings.